The first-order valence-electron chi connectivity index (χ1n) is 14.9. The molecule has 0 bridgehead atoms. The number of hydrogen-bond donors (Lipinski definition) is 6. The van der Waals surface area contributed by atoms with Crippen LogP contribution in [0.2, 0.25) is 0 Å². The van der Waals surface area contributed by atoms with Crippen LogP contribution in [0, 0.1) is 0 Å². The number of nitrogens with one attached hydrogen (secondary N) is 3. The van der Waals surface area contributed by atoms with Gasteiger partial charge in [-0.2, -0.15) is 0 Å². The Bertz CT molecular complexity index is 1560. The molecule has 0 unspecified atom stereocenters. The monoisotopic (exact) mass is 621 g/mol. The lowest BCUT2D eigenvalue weighted by atomic mass is 9.84. The third kappa shape index (κ3) is 9.08. The Balaban J connectivity index is 1.62. The number of benzene rings is 4. The van der Waals surface area contributed by atoms with Gasteiger partial charge in [0.05, 0.1) is 0 Å². The van der Waals surface area contributed by atoms with Gasteiger partial charge >= 0.3 is 6.03 Å². The van der Waals surface area contributed by atoms with Crippen molar-refractivity contribution in [3.8, 4) is 5.75 Å². The first kappa shape index (κ1) is 33.1. The van der Waals surface area contributed by atoms with Gasteiger partial charge in [-0.05, 0) is 36.1 Å². The summed E-state index contributed by atoms with van der Waals surface area (Å²) in [6.45, 7) is 0.791. The Morgan fingerprint density at radius 3 is 1.70 bits per heavy atom. The van der Waals surface area contributed by atoms with E-state index in [0.29, 0.717) is 29.8 Å². The van der Waals surface area contributed by atoms with E-state index in [0.717, 1.165) is 11.1 Å². The Morgan fingerprint density at radius 2 is 1.20 bits per heavy atom. The maximum absolute atomic E-state index is 14.6. The van der Waals surface area contributed by atoms with E-state index >= 15 is 0 Å². The molecule has 0 saturated carbocycles. The quantitative estimate of drug-likeness (QED) is 0.0672. The van der Waals surface area contributed by atoms with Crippen LogP contribution in [0.5, 0.6) is 5.75 Å². The molecule has 0 aliphatic carbocycles. The van der Waals surface area contributed by atoms with Crippen molar-refractivity contribution in [2.45, 2.75) is 37.6 Å². The van der Waals surface area contributed by atoms with Gasteiger partial charge < -0.3 is 37.9 Å². The molecule has 4 amide bonds. The molecule has 0 fully saturated rings. The van der Waals surface area contributed by atoms with Crippen LogP contribution in [0.3, 0.4) is 0 Å². The van der Waals surface area contributed by atoms with Gasteiger partial charge in [0.25, 0.3) is 5.91 Å². The molecule has 0 saturated heterocycles. The number of nitrogens with two attached hydrogens (primary N) is 3. The second-order valence-electron chi connectivity index (χ2n) is 10.6. The molecule has 0 spiro atoms. The van der Waals surface area contributed by atoms with Gasteiger partial charge in [-0.25, -0.2) is 4.79 Å². The minimum atomic E-state index is -1.63. The molecule has 11 heteroatoms. The smallest absolute Gasteiger partial charge is 0.312 e. The lowest BCUT2D eigenvalue weighted by Gasteiger charge is -2.35. The molecule has 0 heterocycles. The summed E-state index contributed by atoms with van der Waals surface area (Å²) >= 11 is 0. The van der Waals surface area contributed by atoms with Crippen molar-refractivity contribution in [3.05, 3.63) is 138 Å². The fourth-order valence-electron chi connectivity index (χ4n) is 4.91. The van der Waals surface area contributed by atoms with E-state index in [2.05, 4.69) is 20.9 Å². The SMILES string of the molecule is NC(=O)NCc1ccc(CNC(=O)[C@@H](CCCN=C(N)N)NC(=O)C(Oc2ccccc2)(c2ccccc2)c2ccccc2)cc1. The fourth-order valence-corrected chi connectivity index (χ4v) is 4.91. The number of ether oxygens (including phenoxy) is 1. The number of nitrogens with zero attached hydrogens (tertiary/aromatic N) is 1. The number of rotatable bonds is 15. The van der Waals surface area contributed by atoms with E-state index in [9.17, 15) is 14.4 Å². The molecule has 4 aromatic carbocycles. The minimum absolute atomic E-state index is 0.0528. The number of carbonyl (C=O) groups is 3. The molecule has 0 aliphatic heterocycles. The lowest BCUT2D eigenvalue weighted by Crippen LogP contribution is -2.56. The molecular weight excluding hydrogens is 582 g/mol. The van der Waals surface area contributed by atoms with Crippen molar-refractivity contribution in [2.75, 3.05) is 6.54 Å². The zero-order valence-electron chi connectivity index (χ0n) is 25.4. The van der Waals surface area contributed by atoms with E-state index in [1.165, 1.54) is 0 Å². The summed E-state index contributed by atoms with van der Waals surface area (Å²) in [6.07, 6.45) is 0.693. The molecule has 1 atom stereocenters. The summed E-state index contributed by atoms with van der Waals surface area (Å²) in [5, 5.41) is 8.47. The van der Waals surface area contributed by atoms with E-state index < -0.39 is 23.6 Å². The van der Waals surface area contributed by atoms with E-state index in [1.807, 2.05) is 103 Å². The third-order valence-corrected chi connectivity index (χ3v) is 7.22. The van der Waals surface area contributed by atoms with Crippen molar-refractivity contribution in [1.29, 1.82) is 0 Å². The van der Waals surface area contributed by atoms with Crippen LogP contribution in [-0.2, 0) is 28.3 Å². The van der Waals surface area contributed by atoms with Crippen LogP contribution in [0.25, 0.3) is 0 Å². The molecular formula is C35H39N7O4. The highest BCUT2D eigenvalue weighted by Gasteiger charge is 2.46. The minimum Gasteiger partial charge on any atom is -0.468 e. The van der Waals surface area contributed by atoms with Crippen molar-refractivity contribution < 1.29 is 19.1 Å². The average molecular weight is 622 g/mol. The van der Waals surface area contributed by atoms with Gasteiger partial charge in [0.15, 0.2) is 5.96 Å². The van der Waals surface area contributed by atoms with Crippen molar-refractivity contribution in [1.82, 2.24) is 16.0 Å². The Labute approximate surface area is 268 Å². The van der Waals surface area contributed by atoms with Gasteiger partial charge in [-0.3, -0.25) is 14.6 Å². The highest BCUT2D eigenvalue weighted by atomic mass is 16.5. The van der Waals surface area contributed by atoms with Crippen LogP contribution in [0.4, 0.5) is 4.79 Å². The van der Waals surface area contributed by atoms with Crippen LogP contribution >= 0.6 is 0 Å². The summed E-state index contributed by atoms with van der Waals surface area (Å²) in [6, 6.07) is 33.3. The van der Waals surface area contributed by atoms with Crippen LogP contribution in [-0.4, -0.2) is 36.4 Å². The fraction of sp³-hybridized carbons (Fsp3) is 0.200. The number of primary amides is 1. The number of aliphatic imine (C=N–C) groups is 1. The lowest BCUT2D eigenvalue weighted by molar-refractivity contribution is -0.138. The highest BCUT2D eigenvalue weighted by molar-refractivity contribution is 5.95. The molecule has 46 heavy (non-hydrogen) atoms. The predicted molar refractivity (Wildman–Crippen MR) is 177 cm³/mol. The normalized spacial score (nSPS) is 11.5. The summed E-state index contributed by atoms with van der Waals surface area (Å²) in [7, 11) is 0. The molecule has 4 rings (SSSR count). The molecule has 0 aromatic heterocycles. The third-order valence-electron chi connectivity index (χ3n) is 7.22. The predicted octanol–water partition coefficient (Wildman–Crippen LogP) is 3.03. The Hall–Kier alpha value is -5.84. The second kappa shape index (κ2) is 16.3. The number of carbonyl (C=O) groups excluding carboxylic acids is 3. The number of para-hydroxylation sites is 1. The molecule has 238 valence electrons. The Kier molecular flexibility index (Phi) is 11.7. The standard InChI is InChI=1S/C35H39N7O4/c36-33(37)39-22-10-17-30(31(43)40-23-25-18-20-26(21-19-25)24-41-34(38)45)42-32(44)35(27-11-4-1-5-12-27,28-13-6-2-7-14-28)46-29-15-8-3-9-16-29/h1-9,11-16,18-21,30H,10,17,22-24H2,(H,40,43)(H,42,44)(H4,36,37,39)(H3,38,41,45)/t30-/m1/s1. The summed E-state index contributed by atoms with van der Waals surface area (Å²) in [5.41, 5.74) is 17.4. The van der Waals surface area contributed by atoms with Crippen LogP contribution in [0.15, 0.2) is 120 Å². The average Bonchev–Trinajstić information content (AvgIpc) is 3.08. The summed E-state index contributed by atoms with van der Waals surface area (Å²) < 4.78 is 6.62. The summed E-state index contributed by atoms with van der Waals surface area (Å²) in [4.78, 5) is 43.3. The second-order valence-corrected chi connectivity index (χ2v) is 10.6. The zero-order chi connectivity index (χ0) is 32.8. The van der Waals surface area contributed by atoms with Gasteiger partial charge in [0, 0.05) is 30.8 Å². The number of guanidine groups is 1. The van der Waals surface area contributed by atoms with Crippen LogP contribution in [0.1, 0.15) is 35.1 Å². The van der Waals surface area contributed by atoms with Gasteiger partial charge in [-0.1, -0.05) is 103 Å². The van der Waals surface area contributed by atoms with Gasteiger partial charge in [0.1, 0.15) is 11.8 Å². The van der Waals surface area contributed by atoms with Gasteiger partial charge in [0.2, 0.25) is 11.5 Å². The Morgan fingerprint density at radius 1 is 0.696 bits per heavy atom. The van der Waals surface area contributed by atoms with Crippen molar-refractivity contribution in [2.24, 2.45) is 22.2 Å². The molecule has 0 radical (unpaired) electrons. The number of urea groups is 1. The highest BCUT2D eigenvalue weighted by Crippen LogP contribution is 2.36. The number of amides is 4. The zero-order valence-corrected chi connectivity index (χ0v) is 25.4. The maximum atomic E-state index is 14.6. The largest absolute Gasteiger partial charge is 0.468 e. The van der Waals surface area contributed by atoms with E-state index in [4.69, 9.17) is 21.9 Å². The first-order chi connectivity index (χ1) is 22.3. The summed E-state index contributed by atoms with van der Waals surface area (Å²) in [5.74, 6) is -0.467. The maximum Gasteiger partial charge on any atom is 0.312 e. The molecule has 4 aromatic rings. The number of hydrogen-bond acceptors (Lipinski definition) is 5. The van der Waals surface area contributed by atoms with Crippen molar-refractivity contribution >= 4 is 23.8 Å². The van der Waals surface area contributed by atoms with E-state index in [-0.39, 0.29) is 31.4 Å². The van der Waals surface area contributed by atoms with E-state index in [1.54, 1.807) is 12.1 Å². The van der Waals surface area contributed by atoms with Crippen LogP contribution < -0.4 is 37.9 Å². The molecule has 9 N–H and O–H groups in total. The molecule has 0 aliphatic rings. The molecule has 11 nitrogen and oxygen atoms in total. The van der Waals surface area contributed by atoms with Crippen molar-refractivity contribution in [3.63, 3.8) is 0 Å². The topological polar surface area (TPSA) is 187 Å². The van der Waals surface area contributed by atoms with Gasteiger partial charge in [-0.15, -0.1) is 0 Å². The first-order valence-corrected chi connectivity index (χ1v) is 14.9.